The second-order valence-corrected chi connectivity index (χ2v) is 7.51. The summed E-state index contributed by atoms with van der Waals surface area (Å²) in [6.07, 6.45) is 6.83. The molecule has 2 fully saturated rings. The number of aromatic nitrogens is 1. The maximum atomic E-state index is 12.7. The molecule has 2 atom stereocenters. The Morgan fingerprint density at radius 3 is 2.78 bits per heavy atom. The van der Waals surface area contributed by atoms with Gasteiger partial charge in [0, 0.05) is 29.6 Å². The highest BCUT2D eigenvalue weighted by Crippen LogP contribution is 2.35. The molecule has 6 nitrogen and oxygen atoms in total. The molecule has 1 N–H and O–H groups in total. The molecule has 1 aliphatic carbocycles. The zero-order valence-corrected chi connectivity index (χ0v) is 15.3. The average Bonchev–Trinajstić information content (AvgIpc) is 2.70. The lowest BCUT2D eigenvalue weighted by Gasteiger charge is -2.44. The van der Waals surface area contributed by atoms with Crippen LogP contribution in [0.25, 0.3) is 10.9 Å². The first-order valence-electron chi connectivity index (χ1n) is 9.72. The summed E-state index contributed by atoms with van der Waals surface area (Å²) >= 11 is 0. The van der Waals surface area contributed by atoms with E-state index < -0.39 is 5.97 Å². The molecular weight excluding hydrogens is 344 g/mol. The fourth-order valence-electron chi connectivity index (χ4n) is 4.60. The van der Waals surface area contributed by atoms with Crippen LogP contribution < -0.4 is 5.56 Å². The largest absolute Gasteiger partial charge is 0.452 e. The third kappa shape index (κ3) is 3.61. The minimum absolute atomic E-state index is 0.130. The number of benzene rings is 1. The molecule has 2 aliphatic rings. The molecule has 2 heterocycles. The minimum Gasteiger partial charge on any atom is -0.452 e. The van der Waals surface area contributed by atoms with Crippen molar-refractivity contribution in [3.63, 3.8) is 0 Å². The summed E-state index contributed by atoms with van der Waals surface area (Å²) in [5.74, 6) is -0.180. The van der Waals surface area contributed by atoms with Crippen molar-refractivity contribution in [1.82, 2.24) is 9.88 Å². The predicted molar refractivity (Wildman–Crippen MR) is 102 cm³/mol. The van der Waals surface area contributed by atoms with E-state index in [0.717, 1.165) is 25.8 Å². The van der Waals surface area contributed by atoms with Crippen LogP contribution in [0.5, 0.6) is 0 Å². The van der Waals surface area contributed by atoms with E-state index in [0.29, 0.717) is 22.9 Å². The molecule has 1 aromatic carbocycles. The van der Waals surface area contributed by atoms with Crippen LogP contribution in [0.4, 0.5) is 0 Å². The number of fused-ring (bicyclic) bond motifs is 2. The van der Waals surface area contributed by atoms with Gasteiger partial charge in [-0.05, 0) is 37.7 Å². The summed E-state index contributed by atoms with van der Waals surface area (Å²) in [7, 11) is 0. The van der Waals surface area contributed by atoms with E-state index in [9.17, 15) is 14.4 Å². The van der Waals surface area contributed by atoms with Crippen molar-refractivity contribution in [2.45, 2.75) is 44.6 Å². The summed E-state index contributed by atoms with van der Waals surface area (Å²) in [5.41, 5.74) is 0.397. The van der Waals surface area contributed by atoms with Crippen LogP contribution >= 0.6 is 0 Å². The van der Waals surface area contributed by atoms with E-state index >= 15 is 0 Å². The molecule has 0 bridgehead atoms. The maximum absolute atomic E-state index is 12.7. The molecule has 1 saturated carbocycles. The first kappa shape index (κ1) is 17.8. The number of esters is 1. The fraction of sp³-hybridized carbons (Fsp3) is 0.476. The van der Waals surface area contributed by atoms with Gasteiger partial charge in [-0.2, -0.15) is 0 Å². The highest BCUT2D eigenvalue weighted by molar-refractivity contribution is 6.03. The topological polar surface area (TPSA) is 79.5 Å². The van der Waals surface area contributed by atoms with Crippen molar-refractivity contribution >= 4 is 22.8 Å². The smallest absolute Gasteiger partial charge is 0.339 e. The number of carbonyl (C=O) groups is 2. The van der Waals surface area contributed by atoms with Crippen LogP contribution in [0.3, 0.4) is 0 Å². The molecule has 27 heavy (non-hydrogen) atoms. The Morgan fingerprint density at radius 2 is 1.89 bits per heavy atom. The average molecular weight is 368 g/mol. The predicted octanol–water partition coefficient (Wildman–Crippen LogP) is 2.87. The lowest BCUT2D eigenvalue weighted by atomic mass is 9.78. The normalized spacial score (nSPS) is 22.3. The van der Waals surface area contributed by atoms with Crippen molar-refractivity contribution < 1.29 is 14.3 Å². The molecule has 2 aromatic rings. The summed E-state index contributed by atoms with van der Waals surface area (Å²) in [5, 5.41) is 0.611. The minimum atomic E-state index is -0.636. The number of rotatable bonds is 3. The number of aromatic amines is 1. The molecule has 1 aliphatic heterocycles. The molecule has 142 valence electrons. The van der Waals surface area contributed by atoms with Crippen LogP contribution in [0, 0.1) is 5.92 Å². The van der Waals surface area contributed by atoms with Crippen molar-refractivity contribution in [3.8, 4) is 0 Å². The number of nitrogens with one attached hydrogen (secondary N) is 1. The Hall–Kier alpha value is -2.63. The van der Waals surface area contributed by atoms with Crippen molar-refractivity contribution in [3.05, 3.63) is 46.2 Å². The fourth-order valence-corrected chi connectivity index (χ4v) is 4.60. The molecule has 0 spiro atoms. The monoisotopic (exact) mass is 368 g/mol. The van der Waals surface area contributed by atoms with Crippen LogP contribution in [0.1, 0.15) is 48.9 Å². The number of ether oxygens (including phenoxy) is 1. The molecule has 1 aromatic heterocycles. The van der Waals surface area contributed by atoms with E-state index in [1.54, 1.807) is 24.3 Å². The molecule has 1 saturated heterocycles. The highest BCUT2D eigenvalue weighted by atomic mass is 16.5. The maximum Gasteiger partial charge on any atom is 0.339 e. The summed E-state index contributed by atoms with van der Waals surface area (Å²) in [4.78, 5) is 41.7. The lowest BCUT2D eigenvalue weighted by Crippen LogP contribution is -2.50. The standard InChI is InChI=1S/C21H24N2O4/c24-19-12-16(15-8-2-3-9-17(15)22-19)21(26)27-13-20(25)23-11-5-7-14-6-1-4-10-18(14)23/h2-3,8-9,12,14,18H,1,4-7,10-11,13H2,(H,22,24)/t14-,18-/m1/s1. The van der Waals surface area contributed by atoms with Gasteiger partial charge in [0.05, 0.1) is 5.56 Å². The SMILES string of the molecule is O=C(OCC(=O)N1CCC[C@H]2CCCC[C@H]21)c1cc(=O)[nH]c2ccccc12. The van der Waals surface area contributed by atoms with Gasteiger partial charge < -0.3 is 14.6 Å². The van der Waals surface area contributed by atoms with Gasteiger partial charge in [-0.15, -0.1) is 0 Å². The molecule has 6 heteroatoms. The van der Waals surface area contributed by atoms with Crippen molar-refractivity contribution in [1.29, 1.82) is 0 Å². The number of para-hydroxylation sites is 1. The summed E-state index contributed by atoms with van der Waals surface area (Å²) in [6.45, 7) is 0.467. The first-order chi connectivity index (χ1) is 13.1. The van der Waals surface area contributed by atoms with Crippen LogP contribution in [0.15, 0.2) is 35.1 Å². The third-order valence-electron chi connectivity index (χ3n) is 5.86. The second kappa shape index (κ2) is 7.55. The third-order valence-corrected chi connectivity index (χ3v) is 5.86. The lowest BCUT2D eigenvalue weighted by molar-refractivity contribution is -0.140. The molecular formula is C21H24N2O4. The number of carbonyl (C=O) groups excluding carboxylic acids is 2. The van der Waals surface area contributed by atoms with Crippen LogP contribution in [0.2, 0.25) is 0 Å². The van der Waals surface area contributed by atoms with E-state index in [1.165, 1.54) is 25.3 Å². The Balaban J connectivity index is 1.46. The molecule has 1 amide bonds. The quantitative estimate of drug-likeness (QED) is 0.845. The zero-order valence-electron chi connectivity index (χ0n) is 15.3. The number of pyridine rings is 1. The zero-order chi connectivity index (χ0) is 18.8. The Labute approximate surface area is 157 Å². The van der Waals surface area contributed by atoms with Crippen LogP contribution in [-0.2, 0) is 9.53 Å². The van der Waals surface area contributed by atoms with Gasteiger partial charge in [0.2, 0.25) is 5.56 Å². The molecule has 0 unspecified atom stereocenters. The summed E-state index contributed by atoms with van der Waals surface area (Å²) in [6, 6.07) is 8.58. The van der Waals surface area contributed by atoms with Crippen molar-refractivity contribution in [2.75, 3.05) is 13.2 Å². The second-order valence-electron chi connectivity index (χ2n) is 7.51. The number of amides is 1. The number of H-pyrrole nitrogens is 1. The van der Waals surface area contributed by atoms with Gasteiger partial charge in [-0.1, -0.05) is 31.0 Å². The highest BCUT2D eigenvalue weighted by Gasteiger charge is 2.35. The summed E-state index contributed by atoms with van der Waals surface area (Å²) < 4.78 is 5.30. The van der Waals surface area contributed by atoms with Gasteiger partial charge in [0.15, 0.2) is 6.61 Å². The van der Waals surface area contributed by atoms with Gasteiger partial charge >= 0.3 is 5.97 Å². The Kier molecular flexibility index (Phi) is 4.97. The molecule has 4 rings (SSSR count). The number of hydrogen-bond donors (Lipinski definition) is 1. The van der Waals surface area contributed by atoms with Gasteiger partial charge in [-0.25, -0.2) is 4.79 Å². The Bertz CT molecular complexity index is 918. The number of piperidine rings is 1. The van der Waals surface area contributed by atoms with Crippen LogP contribution in [-0.4, -0.2) is 41.0 Å². The van der Waals surface area contributed by atoms with Gasteiger partial charge in [-0.3, -0.25) is 9.59 Å². The van der Waals surface area contributed by atoms with E-state index in [1.807, 2.05) is 4.90 Å². The van der Waals surface area contributed by atoms with E-state index in [4.69, 9.17) is 4.74 Å². The Morgan fingerprint density at radius 1 is 1.11 bits per heavy atom. The van der Waals surface area contributed by atoms with Crippen molar-refractivity contribution in [2.24, 2.45) is 5.92 Å². The number of nitrogens with zero attached hydrogens (tertiary/aromatic N) is 1. The molecule has 0 radical (unpaired) electrons. The number of likely N-dealkylation sites (tertiary alicyclic amines) is 1. The first-order valence-corrected chi connectivity index (χ1v) is 9.72. The number of hydrogen-bond acceptors (Lipinski definition) is 4. The van der Waals surface area contributed by atoms with Gasteiger partial charge in [0.25, 0.3) is 5.91 Å². The van der Waals surface area contributed by atoms with E-state index in [-0.39, 0.29) is 23.6 Å². The van der Waals surface area contributed by atoms with Gasteiger partial charge in [0.1, 0.15) is 0 Å². The van der Waals surface area contributed by atoms with E-state index in [2.05, 4.69) is 4.98 Å².